The smallest absolute Gasteiger partial charge is 0.316 e. The maximum absolute atomic E-state index is 13.0. The fraction of sp³-hybridized carbons (Fsp3) is 0.385. The summed E-state index contributed by atoms with van der Waals surface area (Å²) in [7, 11) is 0. The van der Waals surface area contributed by atoms with E-state index in [1.54, 1.807) is 36.4 Å². The Morgan fingerprint density at radius 3 is 2.57 bits per heavy atom. The predicted octanol–water partition coefficient (Wildman–Crippen LogP) is 4.88. The molecule has 0 aromatic heterocycles. The number of benzene rings is 2. The normalized spacial score (nSPS) is 26.3. The first-order chi connectivity index (χ1) is 16.7. The minimum Gasteiger partial charge on any atom is -0.426 e. The van der Waals surface area contributed by atoms with Crippen molar-refractivity contribution in [3.8, 4) is 5.75 Å². The molecule has 0 N–H and O–H groups in total. The van der Waals surface area contributed by atoms with E-state index in [0.717, 1.165) is 6.42 Å². The highest BCUT2D eigenvalue weighted by atomic mass is 35.5. The van der Waals surface area contributed by atoms with Crippen LogP contribution in [0.3, 0.4) is 0 Å². The molecule has 9 heteroatoms. The molecule has 5 rings (SSSR count). The molecular formula is C26H24Cl2N2O5. The third kappa shape index (κ3) is 4.43. The number of hydrogen-bond donors (Lipinski definition) is 0. The van der Waals surface area contributed by atoms with Crippen LogP contribution in [0.4, 0.5) is 11.4 Å². The molecule has 1 aliphatic carbocycles. The Morgan fingerprint density at radius 1 is 1.00 bits per heavy atom. The SMILES string of the molecule is C[C@@H]1CC[C@@H]2C(=O)N(c3cccc(OC(=O)[C@@H]4CC(=O)N(c5cc(Cl)ccc5Cl)C4)c3)C(=O)[C@@H]2C1. The maximum atomic E-state index is 13.0. The largest absolute Gasteiger partial charge is 0.426 e. The molecule has 3 amide bonds. The van der Waals surface area contributed by atoms with Gasteiger partial charge in [-0.25, -0.2) is 4.90 Å². The Kier molecular flexibility index (Phi) is 6.32. The third-order valence-corrected chi connectivity index (χ3v) is 7.69. The summed E-state index contributed by atoms with van der Waals surface area (Å²) in [4.78, 5) is 54.2. The summed E-state index contributed by atoms with van der Waals surface area (Å²) in [5.41, 5.74) is 0.838. The predicted molar refractivity (Wildman–Crippen MR) is 131 cm³/mol. The van der Waals surface area contributed by atoms with Crippen LogP contribution >= 0.6 is 23.2 Å². The van der Waals surface area contributed by atoms with Crippen LogP contribution in [0.2, 0.25) is 10.0 Å². The van der Waals surface area contributed by atoms with Gasteiger partial charge in [-0.15, -0.1) is 0 Å². The van der Waals surface area contributed by atoms with E-state index in [0.29, 0.717) is 40.2 Å². The molecule has 0 bridgehead atoms. The molecule has 0 spiro atoms. The summed E-state index contributed by atoms with van der Waals surface area (Å²) in [5.74, 6) is -1.84. The third-order valence-electron chi connectivity index (χ3n) is 7.14. The van der Waals surface area contributed by atoms with Gasteiger partial charge in [0.15, 0.2) is 0 Å². The minimum absolute atomic E-state index is 0.0218. The van der Waals surface area contributed by atoms with Crippen molar-refractivity contribution in [3.63, 3.8) is 0 Å². The average Bonchev–Trinajstić information content (AvgIpc) is 3.33. The zero-order chi connectivity index (χ0) is 24.9. The Bertz CT molecular complexity index is 1230. The van der Waals surface area contributed by atoms with Crippen molar-refractivity contribution in [1.29, 1.82) is 0 Å². The second kappa shape index (κ2) is 9.28. The lowest BCUT2D eigenvalue weighted by atomic mass is 9.76. The van der Waals surface area contributed by atoms with Crippen molar-refractivity contribution in [2.75, 3.05) is 16.3 Å². The highest BCUT2D eigenvalue weighted by Crippen LogP contribution is 2.42. The molecule has 2 aromatic carbocycles. The first-order valence-electron chi connectivity index (χ1n) is 11.7. The molecule has 3 aliphatic rings. The first kappa shape index (κ1) is 23.8. The summed E-state index contributed by atoms with van der Waals surface area (Å²) >= 11 is 12.3. The van der Waals surface area contributed by atoms with Gasteiger partial charge >= 0.3 is 5.97 Å². The molecule has 1 saturated carbocycles. The number of amides is 3. The maximum Gasteiger partial charge on any atom is 0.316 e. The fourth-order valence-electron chi connectivity index (χ4n) is 5.32. The number of rotatable bonds is 4. The van der Waals surface area contributed by atoms with E-state index in [-0.39, 0.29) is 48.3 Å². The molecule has 7 nitrogen and oxygen atoms in total. The van der Waals surface area contributed by atoms with Gasteiger partial charge in [0.05, 0.1) is 34.2 Å². The van der Waals surface area contributed by atoms with E-state index in [9.17, 15) is 19.2 Å². The molecule has 2 heterocycles. The number of esters is 1. The average molecular weight is 515 g/mol. The van der Waals surface area contributed by atoms with Crippen LogP contribution in [-0.2, 0) is 19.2 Å². The number of hydrogen-bond acceptors (Lipinski definition) is 5. The van der Waals surface area contributed by atoms with Gasteiger partial charge < -0.3 is 9.64 Å². The number of fused-ring (bicyclic) bond motifs is 1. The van der Waals surface area contributed by atoms with E-state index in [2.05, 4.69) is 6.92 Å². The molecule has 2 aliphatic heterocycles. The van der Waals surface area contributed by atoms with Gasteiger partial charge in [0.25, 0.3) is 0 Å². The van der Waals surface area contributed by atoms with Gasteiger partial charge in [0, 0.05) is 24.1 Å². The Balaban J connectivity index is 1.30. The molecule has 182 valence electrons. The van der Waals surface area contributed by atoms with Gasteiger partial charge in [-0.05, 0) is 55.5 Å². The van der Waals surface area contributed by atoms with Crippen molar-refractivity contribution in [2.45, 2.75) is 32.6 Å². The Labute approximate surface area is 212 Å². The minimum atomic E-state index is -0.694. The number of carbonyl (C=O) groups excluding carboxylic acids is 4. The van der Waals surface area contributed by atoms with Crippen molar-refractivity contribution in [3.05, 3.63) is 52.5 Å². The highest BCUT2D eigenvalue weighted by Gasteiger charge is 2.50. The summed E-state index contributed by atoms with van der Waals surface area (Å²) < 4.78 is 5.57. The van der Waals surface area contributed by atoms with Crippen molar-refractivity contribution in [2.24, 2.45) is 23.7 Å². The summed E-state index contributed by atoms with van der Waals surface area (Å²) in [6.45, 7) is 2.22. The molecule has 2 aromatic rings. The Morgan fingerprint density at radius 2 is 1.77 bits per heavy atom. The second-order valence-corrected chi connectivity index (χ2v) is 10.4. The first-order valence-corrected chi connectivity index (χ1v) is 12.4. The van der Waals surface area contributed by atoms with E-state index in [1.165, 1.54) is 15.9 Å². The second-order valence-electron chi connectivity index (χ2n) is 9.56. The topological polar surface area (TPSA) is 84.0 Å². The highest BCUT2D eigenvalue weighted by molar-refractivity contribution is 6.36. The number of imide groups is 1. The fourth-order valence-corrected chi connectivity index (χ4v) is 5.71. The van der Waals surface area contributed by atoms with Crippen molar-refractivity contribution < 1.29 is 23.9 Å². The molecule has 0 unspecified atom stereocenters. The zero-order valence-electron chi connectivity index (χ0n) is 19.1. The number of anilines is 2. The van der Waals surface area contributed by atoms with Crippen LogP contribution in [0, 0.1) is 23.7 Å². The van der Waals surface area contributed by atoms with Crippen LogP contribution < -0.4 is 14.5 Å². The molecular weight excluding hydrogens is 491 g/mol. The molecule has 3 fully saturated rings. The van der Waals surface area contributed by atoms with Crippen LogP contribution in [0.25, 0.3) is 0 Å². The van der Waals surface area contributed by atoms with Gasteiger partial charge in [-0.2, -0.15) is 0 Å². The number of ether oxygens (including phenoxy) is 1. The van der Waals surface area contributed by atoms with Gasteiger partial charge in [-0.3, -0.25) is 19.2 Å². The summed E-state index contributed by atoms with van der Waals surface area (Å²) in [5, 5.41) is 0.791. The molecule has 4 atom stereocenters. The van der Waals surface area contributed by atoms with Crippen molar-refractivity contribution >= 4 is 58.3 Å². The summed E-state index contributed by atoms with van der Waals surface area (Å²) in [6, 6.07) is 11.2. The van der Waals surface area contributed by atoms with Crippen molar-refractivity contribution in [1.82, 2.24) is 0 Å². The lowest BCUT2D eigenvalue weighted by Crippen LogP contribution is -2.31. The number of nitrogens with zero attached hydrogens (tertiary/aromatic N) is 2. The van der Waals surface area contributed by atoms with Crippen LogP contribution in [-0.4, -0.2) is 30.2 Å². The van der Waals surface area contributed by atoms with Gasteiger partial charge in [0.2, 0.25) is 17.7 Å². The van der Waals surface area contributed by atoms with Gasteiger partial charge in [0.1, 0.15) is 5.75 Å². The lowest BCUT2D eigenvalue weighted by Gasteiger charge is -2.25. The molecule has 0 radical (unpaired) electrons. The summed E-state index contributed by atoms with van der Waals surface area (Å²) in [6.07, 6.45) is 2.34. The van der Waals surface area contributed by atoms with Gasteiger partial charge in [-0.1, -0.05) is 36.2 Å². The van der Waals surface area contributed by atoms with E-state index in [4.69, 9.17) is 27.9 Å². The zero-order valence-corrected chi connectivity index (χ0v) is 20.6. The van der Waals surface area contributed by atoms with E-state index >= 15 is 0 Å². The molecule has 2 saturated heterocycles. The monoisotopic (exact) mass is 514 g/mol. The lowest BCUT2D eigenvalue weighted by molar-refractivity contribution is -0.139. The van der Waals surface area contributed by atoms with E-state index in [1.807, 2.05) is 0 Å². The van der Waals surface area contributed by atoms with Crippen LogP contribution in [0.1, 0.15) is 32.6 Å². The number of carbonyl (C=O) groups is 4. The number of halogens is 2. The van der Waals surface area contributed by atoms with Crippen LogP contribution in [0.15, 0.2) is 42.5 Å². The Hall–Kier alpha value is -2.90. The van der Waals surface area contributed by atoms with E-state index < -0.39 is 11.9 Å². The quantitative estimate of drug-likeness (QED) is 0.330. The molecule has 35 heavy (non-hydrogen) atoms. The van der Waals surface area contributed by atoms with Crippen LogP contribution in [0.5, 0.6) is 5.75 Å². The standard InChI is InChI=1S/C26H24Cl2N2O5/c1-14-5-7-19-20(9-14)25(33)30(24(19)32)17-3-2-4-18(12-17)35-26(34)15-10-23(31)29(13-15)22-11-16(27)6-8-21(22)28/h2-4,6,8,11-12,14-15,19-20H,5,7,9-10,13H2,1H3/t14-,15-,19+,20-/m1/s1.